The first kappa shape index (κ1) is 52.9. The number of urea groups is 1. The number of rotatable bonds is 38. The van der Waals surface area contributed by atoms with Gasteiger partial charge in [0.15, 0.2) is 5.75 Å². The average molecular weight is 840 g/mol. The van der Waals surface area contributed by atoms with Gasteiger partial charge >= 0.3 is 12.0 Å². The van der Waals surface area contributed by atoms with Gasteiger partial charge in [-0.1, -0.05) is 212 Å². The van der Waals surface area contributed by atoms with Gasteiger partial charge in [0.2, 0.25) is 0 Å². The summed E-state index contributed by atoms with van der Waals surface area (Å²) >= 11 is 6.45. The number of amides is 2. The van der Waals surface area contributed by atoms with Gasteiger partial charge in [0.05, 0.1) is 9.92 Å². The van der Waals surface area contributed by atoms with Crippen LogP contribution in [0.4, 0.5) is 4.79 Å². The molecule has 1 aromatic rings. The topological polar surface area (TPSA) is 119 Å². The van der Waals surface area contributed by atoms with Gasteiger partial charge in [-0.15, -0.1) is 0 Å². The Morgan fingerprint density at radius 2 is 1.00 bits per heavy atom. The molecule has 2 amide bonds. The Kier molecular flexibility index (Phi) is 32.2. The normalized spacial score (nSPS) is 12.1. The first-order valence-electron chi connectivity index (χ1n) is 23.4. The average Bonchev–Trinajstić information content (AvgIpc) is 3.18. The molecule has 1 aromatic carbocycles. The van der Waals surface area contributed by atoms with Crippen molar-refractivity contribution in [1.29, 1.82) is 0 Å². The predicted molar refractivity (Wildman–Crippen MR) is 239 cm³/mol. The van der Waals surface area contributed by atoms with Gasteiger partial charge in [0.1, 0.15) is 11.7 Å². The van der Waals surface area contributed by atoms with Crippen molar-refractivity contribution in [1.82, 2.24) is 10.0 Å². The van der Waals surface area contributed by atoms with Crippen molar-refractivity contribution in [2.75, 3.05) is 6.54 Å². The van der Waals surface area contributed by atoms with Crippen LogP contribution >= 0.6 is 11.6 Å². The summed E-state index contributed by atoms with van der Waals surface area (Å²) in [5.74, 6) is -1.88. The van der Waals surface area contributed by atoms with Gasteiger partial charge in [0.25, 0.3) is 10.0 Å². The Bertz CT molecular complexity index is 1320. The van der Waals surface area contributed by atoms with E-state index >= 15 is 0 Å². The zero-order chi connectivity index (χ0) is 42.0. The molecule has 1 unspecified atom stereocenters. The third-order valence-electron chi connectivity index (χ3n) is 11.1. The summed E-state index contributed by atoms with van der Waals surface area (Å²) in [5.41, 5.74) is 0.0942. The number of esters is 1. The highest BCUT2D eigenvalue weighted by atomic mass is 35.5. The van der Waals surface area contributed by atoms with E-state index in [1.807, 2.05) is 11.6 Å². The number of benzene rings is 1. The maximum Gasteiger partial charge on any atom is 0.328 e. The Morgan fingerprint density at radius 3 is 1.42 bits per heavy atom. The number of carbonyl (C=O) groups is 3. The molecule has 0 aliphatic heterocycles. The third kappa shape index (κ3) is 25.9. The van der Waals surface area contributed by atoms with E-state index in [1.54, 1.807) is 0 Å². The summed E-state index contributed by atoms with van der Waals surface area (Å²) in [5, 5.41) is 2.54. The summed E-state index contributed by atoms with van der Waals surface area (Å²) in [7, 11) is -4.28. The third-order valence-corrected chi connectivity index (χ3v) is 12.9. The van der Waals surface area contributed by atoms with E-state index in [4.69, 9.17) is 16.3 Å². The molecule has 57 heavy (non-hydrogen) atoms. The summed E-state index contributed by atoms with van der Waals surface area (Å²) < 4.78 is 34.0. The lowest BCUT2D eigenvalue weighted by atomic mass is 9.92. The van der Waals surface area contributed by atoms with Gasteiger partial charge in [-0.25, -0.2) is 17.9 Å². The van der Waals surface area contributed by atoms with Crippen molar-refractivity contribution in [2.24, 2.45) is 5.92 Å². The highest BCUT2D eigenvalue weighted by Gasteiger charge is 2.30. The predicted octanol–water partition coefficient (Wildman–Crippen LogP) is 14.3. The molecule has 10 heteroatoms. The highest BCUT2D eigenvalue weighted by molar-refractivity contribution is 7.90. The Labute approximate surface area is 354 Å². The van der Waals surface area contributed by atoms with Gasteiger partial charge in [-0.3, -0.25) is 9.59 Å². The van der Waals surface area contributed by atoms with Gasteiger partial charge in [-0.2, -0.15) is 0 Å². The van der Waals surface area contributed by atoms with Gasteiger partial charge in [0, 0.05) is 18.5 Å². The van der Waals surface area contributed by atoms with E-state index in [2.05, 4.69) is 19.2 Å². The van der Waals surface area contributed by atoms with E-state index in [0.29, 0.717) is 25.8 Å². The molecule has 2 N–H and O–H groups in total. The molecule has 330 valence electrons. The lowest BCUT2D eigenvalue weighted by Crippen LogP contribution is -2.39. The molecule has 0 heterocycles. The van der Waals surface area contributed by atoms with E-state index in [-0.39, 0.29) is 27.0 Å². The lowest BCUT2D eigenvalue weighted by Gasteiger charge is -2.18. The number of ether oxygens (including phenoxy) is 1. The number of halogens is 1. The number of hydrogen-bond acceptors (Lipinski definition) is 6. The molecule has 0 radical (unpaired) electrons. The van der Waals surface area contributed by atoms with Crippen LogP contribution < -0.4 is 14.8 Å². The Balaban J connectivity index is 2.68. The molecule has 1 rings (SSSR count). The number of nitrogens with one attached hydrogen (secondary N) is 2. The molecule has 0 saturated carbocycles. The van der Waals surface area contributed by atoms with Crippen LogP contribution in [0.25, 0.3) is 0 Å². The molecular weight excluding hydrogens is 756 g/mol. The fourth-order valence-electron chi connectivity index (χ4n) is 7.48. The van der Waals surface area contributed by atoms with Crippen LogP contribution in [0.15, 0.2) is 17.0 Å². The standard InChI is InChI=1S/C47H83ClN2O6S/c1-5-8-10-12-14-16-18-20-22-24-26-28-30-32-34-36-43(51)41(35-33-31-29-27-25-23-21-19-17-15-13-11-9-6-2)46(52)56-45-40(4)44(38-37-42(45)48)57(54,55)50-47(53)49-39-7-3/h37-38,41H,5-36,39H2,1-4H3,(H2,49,50,53). The first-order chi connectivity index (χ1) is 27.6. The summed E-state index contributed by atoms with van der Waals surface area (Å²) in [6.07, 6.45) is 37.0. The van der Waals surface area contributed by atoms with E-state index in [1.165, 1.54) is 160 Å². The maximum absolute atomic E-state index is 13.7. The second-order valence-electron chi connectivity index (χ2n) is 16.4. The van der Waals surface area contributed by atoms with Crippen molar-refractivity contribution in [3.05, 3.63) is 22.7 Å². The van der Waals surface area contributed by atoms with Crippen LogP contribution in [0, 0.1) is 12.8 Å². The van der Waals surface area contributed by atoms with Crippen LogP contribution in [0.3, 0.4) is 0 Å². The molecule has 0 aliphatic carbocycles. The van der Waals surface area contributed by atoms with Crippen molar-refractivity contribution in [2.45, 2.75) is 238 Å². The molecule has 0 aliphatic rings. The number of hydrogen-bond donors (Lipinski definition) is 2. The minimum Gasteiger partial charge on any atom is -0.424 e. The number of ketones is 1. The van der Waals surface area contributed by atoms with Crippen LogP contribution in [0.1, 0.15) is 232 Å². The van der Waals surface area contributed by atoms with Crippen LogP contribution in [0.2, 0.25) is 5.02 Å². The summed E-state index contributed by atoms with van der Waals surface area (Å²) in [6, 6.07) is 1.76. The molecule has 0 aromatic heterocycles. The Hall–Kier alpha value is -2.13. The van der Waals surface area contributed by atoms with Gasteiger partial charge in [-0.05, 0) is 38.3 Å². The molecule has 0 saturated heterocycles. The lowest BCUT2D eigenvalue weighted by molar-refractivity contribution is -0.144. The second-order valence-corrected chi connectivity index (χ2v) is 18.4. The smallest absolute Gasteiger partial charge is 0.328 e. The molecular formula is C47H83ClN2O6S. The fraction of sp³-hybridized carbons (Fsp3) is 0.809. The fourth-order valence-corrected chi connectivity index (χ4v) is 8.89. The quantitative estimate of drug-likeness (QED) is 0.0296. The zero-order valence-electron chi connectivity index (χ0n) is 36.8. The van der Waals surface area contributed by atoms with E-state index in [0.717, 1.165) is 44.9 Å². The minimum atomic E-state index is -4.28. The molecule has 1 atom stereocenters. The maximum atomic E-state index is 13.7. The molecule has 0 spiro atoms. The molecule has 8 nitrogen and oxygen atoms in total. The van der Waals surface area contributed by atoms with Crippen LogP contribution in [-0.2, 0) is 19.6 Å². The van der Waals surface area contributed by atoms with Crippen molar-refractivity contribution in [3.8, 4) is 5.75 Å². The van der Waals surface area contributed by atoms with Gasteiger partial charge < -0.3 is 10.1 Å². The highest BCUT2D eigenvalue weighted by Crippen LogP contribution is 2.34. The van der Waals surface area contributed by atoms with Crippen molar-refractivity contribution < 1.29 is 27.5 Å². The van der Waals surface area contributed by atoms with E-state index < -0.39 is 27.9 Å². The van der Waals surface area contributed by atoms with E-state index in [9.17, 15) is 22.8 Å². The monoisotopic (exact) mass is 839 g/mol. The second kappa shape index (κ2) is 34.7. The number of carbonyl (C=O) groups excluding carboxylic acids is 3. The summed E-state index contributed by atoms with van der Waals surface area (Å²) in [4.78, 5) is 39.2. The van der Waals surface area contributed by atoms with Crippen LogP contribution in [0.5, 0.6) is 5.75 Å². The number of Topliss-reactive ketones (excluding diaryl/α,β-unsaturated/α-hetero) is 1. The zero-order valence-corrected chi connectivity index (χ0v) is 38.4. The minimum absolute atomic E-state index is 0.0559. The largest absolute Gasteiger partial charge is 0.424 e. The Morgan fingerprint density at radius 1 is 0.596 bits per heavy atom. The molecule has 0 fully saturated rings. The summed E-state index contributed by atoms with van der Waals surface area (Å²) in [6.45, 7) is 8.17. The number of unbranched alkanes of at least 4 members (excludes halogenated alkanes) is 27. The van der Waals surface area contributed by atoms with Crippen molar-refractivity contribution in [3.63, 3.8) is 0 Å². The molecule has 0 bridgehead atoms. The van der Waals surface area contributed by atoms with Crippen LogP contribution in [-0.4, -0.2) is 32.7 Å². The van der Waals surface area contributed by atoms with Crippen molar-refractivity contribution >= 4 is 39.4 Å². The number of sulfonamides is 1. The SMILES string of the molecule is CCCCCCCCCCCCCCCCCC(=O)C(CCCCCCCCCCCCCCCC)C(=O)Oc1c(Cl)ccc(S(=O)(=O)NC(=O)NCCC)c1C. The first-order valence-corrected chi connectivity index (χ1v) is 25.3.